The Labute approximate surface area is 211 Å². The van der Waals surface area contributed by atoms with Crippen molar-refractivity contribution in [3.05, 3.63) is 101 Å². The summed E-state index contributed by atoms with van der Waals surface area (Å²) in [5.74, 6) is 1.54. The average molecular weight is 488 g/mol. The summed E-state index contributed by atoms with van der Waals surface area (Å²) < 4.78 is 8.10. The van der Waals surface area contributed by atoms with Crippen LogP contribution in [0.3, 0.4) is 0 Å². The van der Waals surface area contributed by atoms with Crippen LogP contribution in [0.4, 0.5) is 0 Å². The van der Waals surface area contributed by atoms with Crippen LogP contribution in [-0.2, 0) is 11.3 Å². The molecule has 3 aromatic carbocycles. The third kappa shape index (κ3) is 6.52. The van der Waals surface area contributed by atoms with Gasteiger partial charge < -0.3 is 14.6 Å². The number of imidazole rings is 1. The van der Waals surface area contributed by atoms with Gasteiger partial charge in [0.25, 0.3) is 0 Å². The maximum atomic E-state index is 12.5. The van der Waals surface area contributed by atoms with Crippen LogP contribution in [0.2, 0.25) is 5.02 Å². The quantitative estimate of drug-likeness (QED) is 0.199. The number of aromatic nitrogens is 2. The molecule has 5 nitrogen and oxygen atoms in total. The van der Waals surface area contributed by atoms with E-state index < -0.39 is 0 Å². The number of halogens is 1. The number of carbonyl (C=O) groups is 1. The molecule has 0 radical (unpaired) electrons. The van der Waals surface area contributed by atoms with E-state index in [-0.39, 0.29) is 11.9 Å². The van der Waals surface area contributed by atoms with E-state index >= 15 is 0 Å². The molecule has 180 valence electrons. The van der Waals surface area contributed by atoms with Crippen molar-refractivity contribution >= 4 is 34.6 Å². The zero-order chi connectivity index (χ0) is 24.6. The Morgan fingerprint density at radius 2 is 1.86 bits per heavy atom. The summed E-state index contributed by atoms with van der Waals surface area (Å²) >= 11 is 6.09. The molecule has 0 saturated carbocycles. The Morgan fingerprint density at radius 1 is 1.09 bits per heavy atom. The van der Waals surface area contributed by atoms with Gasteiger partial charge in [-0.1, -0.05) is 54.1 Å². The molecule has 0 aliphatic heterocycles. The number of nitrogens with one attached hydrogen (secondary N) is 1. The number of fused-ring (bicyclic) bond motifs is 1. The molecule has 0 aliphatic rings. The minimum atomic E-state index is -0.233. The molecule has 4 aromatic rings. The number of amides is 1. The second kappa shape index (κ2) is 11.7. The third-order valence-electron chi connectivity index (χ3n) is 5.83. The molecule has 1 unspecified atom stereocenters. The molecule has 0 aliphatic carbocycles. The van der Waals surface area contributed by atoms with Crippen molar-refractivity contribution in [1.82, 2.24) is 14.9 Å². The molecule has 1 N–H and O–H groups in total. The minimum absolute atomic E-state index is 0.147. The van der Waals surface area contributed by atoms with Crippen LogP contribution in [-0.4, -0.2) is 22.1 Å². The van der Waals surface area contributed by atoms with E-state index in [0.29, 0.717) is 6.61 Å². The van der Waals surface area contributed by atoms with Gasteiger partial charge in [-0.25, -0.2) is 4.98 Å². The molecule has 1 heterocycles. The van der Waals surface area contributed by atoms with Gasteiger partial charge in [0.15, 0.2) is 0 Å². The molecular formula is C29H30ClN3O2. The van der Waals surface area contributed by atoms with Gasteiger partial charge in [-0.05, 0) is 74.2 Å². The van der Waals surface area contributed by atoms with E-state index in [4.69, 9.17) is 21.3 Å². The first-order chi connectivity index (χ1) is 17.0. The van der Waals surface area contributed by atoms with E-state index in [1.54, 1.807) is 6.08 Å². The summed E-state index contributed by atoms with van der Waals surface area (Å²) in [6.07, 6.45) is 5.20. The Balaban J connectivity index is 1.38. The lowest BCUT2D eigenvalue weighted by Crippen LogP contribution is -2.27. The molecule has 0 fully saturated rings. The number of para-hydroxylation sites is 2. The summed E-state index contributed by atoms with van der Waals surface area (Å²) in [5.41, 5.74) is 3.99. The Bertz CT molecular complexity index is 1310. The van der Waals surface area contributed by atoms with Gasteiger partial charge in [-0.15, -0.1) is 0 Å². The highest BCUT2D eigenvalue weighted by Crippen LogP contribution is 2.23. The first-order valence-electron chi connectivity index (χ1n) is 11.9. The fraction of sp³-hybridized carbons (Fsp3) is 0.241. The van der Waals surface area contributed by atoms with E-state index in [1.807, 2.05) is 86.7 Å². The molecule has 1 amide bonds. The van der Waals surface area contributed by atoms with Gasteiger partial charge in [-0.3, -0.25) is 4.79 Å². The smallest absolute Gasteiger partial charge is 0.244 e. The maximum absolute atomic E-state index is 12.5. The SMILES string of the molecule is Cc1cc(OCCCCn2c(C(C)NC(=O)/C=C\c3ccccc3)nc3ccccc32)ccc1Cl. The van der Waals surface area contributed by atoms with Crippen LogP contribution in [0.15, 0.2) is 78.9 Å². The Morgan fingerprint density at radius 3 is 2.66 bits per heavy atom. The Kier molecular flexibility index (Phi) is 8.22. The molecule has 0 saturated heterocycles. The van der Waals surface area contributed by atoms with Crippen LogP contribution in [0, 0.1) is 6.92 Å². The lowest BCUT2D eigenvalue weighted by atomic mass is 10.2. The van der Waals surface area contributed by atoms with E-state index in [9.17, 15) is 4.79 Å². The number of nitrogens with zero attached hydrogens (tertiary/aromatic N) is 2. The van der Waals surface area contributed by atoms with Gasteiger partial charge in [0.05, 0.1) is 23.7 Å². The number of hydrogen-bond donors (Lipinski definition) is 1. The van der Waals surface area contributed by atoms with Crippen LogP contribution in [0.25, 0.3) is 17.1 Å². The first-order valence-corrected chi connectivity index (χ1v) is 12.3. The molecule has 1 atom stereocenters. The average Bonchev–Trinajstić information content (AvgIpc) is 3.24. The highest BCUT2D eigenvalue weighted by molar-refractivity contribution is 6.31. The number of hydrogen-bond acceptors (Lipinski definition) is 3. The van der Waals surface area contributed by atoms with Crippen molar-refractivity contribution in [1.29, 1.82) is 0 Å². The second-order valence-corrected chi connectivity index (χ2v) is 8.96. The van der Waals surface area contributed by atoms with Crippen molar-refractivity contribution in [2.24, 2.45) is 0 Å². The summed E-state index contributed by atoms with van der Waals surface area (Å²) in [4.78, 5) is 17.4. The van der Waals surface area contributed by atoms with Gasteiger partial charge in [-0.2, -0.15) is 0 Å². The highest BCUT2D eigenvalue weighted by atomic mass is 35.5. The summed E-state index contributed by atoms with van der Waals surface area (Å²) in [6, 6.07) is 23.3. The lowest BCUT2D eigenvalue weighted by Gasteiger charge is -2.16. The lowest BCUT2D eigenvalue weighted by molar-refractivity contribution is -0.117. The number of aryl methyl sites for hydroxylation is 2. The predicted molar refractivity (Wildman–Crippen MR) is 143 cm³/mol. The number of benzene rings is 3. The zero-order valence-electron chi connectivity index (χ0n) is 20.1. The summed E-state index contributed by atoms with van der Waals surface area (Å²) in [7, 11) is 0. The minimum Gasteiger partial charge on any atom is -0.494 e. The molecule has 4 rings (SSSR count). The number of ether oxygens (including phenoxy) is 1. The molecule has 0 bridgehead atoms. The number of rotatable bonds is 10. The van der Waals surface area contributed by atoms with Gasteiger partial charge in [0.1, 0.15) is 11.6 Å². The third-order valence-corrected chi connectivity index (χ3v) is 6.26. The fourth-order valence-corrected chi connectivity index (χ4v) is 4.11. The van der Waals surface area contributed by atoms with E-state index in [1.165, 1.54) is 0 Å². The molecule has 0 spiro atoms. The molecule has 35 heavy (non-hydrogen) atoms. The summed E-state index contributed by atoms with van der Waals surface area (Å²) in [6.45, 7) is 5.36. The highest BCUT2D eigenvalue weighted by Gasteiger charge is 2.17. The molecule has 1 aromatic heterocycles. The van der Waals surface area contributed by atoms with Gasteiger partial charge in [0.2, 0.25) is 5.91 Å². The van der Waals surface area contributed by atoms with Crippen LogP contribution in [0.1, 0.15) is 42.8 Å². The van der Waals surface area contributed by atoms with Crippen LogP contribution >= 0.6 is 11.6 Å². The zero-order valence-corrected chi connectivity index (χ0v) is 20.8. The largest absolute Gasteiger partial charge is 0.494 e. The van der Waals surface area contributed by atoms with Crippen molar-refractivity contribution in [3.8, 4) is 5.75 Å². The maximum Gasteiger partial charge on any atom is 0.244 e. The normalized spacial score (nSPS) is 12.2. The van der Waals surface area contributed by atoms with E-state index in [2.05, 4.69) is 16.0 Å². The van der Waals surface area contributed by atoms with E-state index in [0.717, 1.165) is 58.1 Å². The van der Waals surface area contributed by atoms with Crippen LogP contribution in [0.5, 0.6) is 5.75 Å². The van der Waals surface area contributed by atoms with Crippen LogP contribution < -0.4 is 10.1 Å². The fourth-order valence-electron chi connectivity index (χ4n) is 3.99. The monoisotopic (exact) mass is 487 g/mol. The first kappa shape index (κ1) is 24.6. The number of carbonyl (C=O) groups excluding carboxylic acids is 1. The van der Waals surface area contributed by atoms with Crippen molar-refractivity contribution in [2.75, 3.05) is 6.61 Å². The van der Waals surface area contributed by atoms with Gasteiger partial charge in [0, 0.05) is 17.6 Å². The van der Waals surface area contributed by atoms with Crippen molar-refractivity contribution in [2.45, 2.75) is 39.3 Å². The molecule has 6 heteroatoms. The molecular weight excluding hydrogens is 458 g/mol. The van der Waals surface area contributed by atoms with Crippen molar-refractivity contribution in [3.63, 3.8) is 0 Å². The van der Waals surface area contributed by atoms with Gasteiger partial charge >= 0.3 is 0 Å². The Hall–Kier alpha value is -3.57. The topological polar surface area (TPSA) is 56.1 Å². The summed E-state index contributed by atoms with van der Waals surface area (Å²) in [5, 5.41) is 3.80. The standard InChI is InChI=1S/C29H30ClN3O2/c1-21-20-24(15-16-25(21)30)35-19-9-8-18-33-27-13-7-6-12-26(27)32-29(33)22(2)31-28(34)17-14-23-10-4-3-5-11-23/h3-7,10-17,20,22H,8-9,18-19H2,1-2H3,(H,31,34)/b17-14-. The number of unbranched alkanes of at least 4 members (excludes halogenated alkanes) is 1. The predicted octanol–water partition coefficient (Wildman–Crippen LogP) is 6.75. The second-order valence-electron chi connectivity index (χ2n) is 8.55. The van der Waals surface area contributed by atoms with Crippen molar-refractivity contribution < 1.29 is 9.53 Å².